The highest BCUT2D eigenvalue weighted by Crippen LogP contribution is 2.17. The Hall–Kier alpha value is -1.44. The van der Waals surface area contributed by atoms with Crippen LogP contribution >= 0.6 is 39.5 Å². The van der Waals surface area contributed by atoms with Crippen molar-refractivity contribution in [3.05, 3.63) is 51.1 Å². The van der Waals surface area contributed by atoms with E-state index >= 15 is 0 Å². The number of hydrogen-bond acceptors (Lipinski definition) is 3. The number of rotatable bonds is 2. The van der Waals surface area contributed by atoms with Gasteiger partial charge < -0.3 is 15.1 Å². The van der Waals surface area contributed by atoms with Crippen LogP contribution in [-0.2, 0) is 0 Å². The number of amides is 1. The van der Waals surface area contributed by atoms with Crippen molar-refractivity contribution in [1.82, 2.24) is 9.80 Å². The van der Waals surface area contributed by atoms with E-state index in [1.807, 2.05) is 46.7 Å². The molecular weight excluding hydrogens is 394 g/mol. The summed E-state index contributed by atoms with van der Waals surface area (Å²) in [5, 5.41) is 5.88. The SMILES string of the molecule is O=C(c1cccs1)N1CCN(C(=S)Nc2cccc(Br)c2)CC1. The average molecular weight is 410 g/mol. The molecule has 120 valence electrons. The number of benzene rings is 1. The molecule has 3 rings (SSSR count). The molecule has 23 heavy (non-hydrogen) atoms. The van der Waals surface area contributed by atoms with Crippen molar-refractivity contribution in [2.24, 2.45) is 0 Å². The second-order valence-electron chi connectivity index (χ2n) is 5.20. The van der Waals surface area contributed by atoms with Crippen molar-refractivity contribution in [2.45, 2.75) is 0 Å². The largest absolute Gasteiger partial charge is 0.345 e. The molecule has 1 aliphatic heterocycles. The summed E-state index contributed by atoms with van der Waals surface area (Å²) in [5.74, 6) is 0.116. The van der Waals surface area contributed by atoms with Gasteiger partial charge in [-0.1, -0.05) is 28.1 Å². The van der Waals surface area contributed by atoms with Gasteiger partial charge in [-0.25, -0.2) is 0 Å². The molecule has 0 spiro atoms. The van der Waals surface area contributed by atoms with Gasteiger partial charge in [0.1, 0.15) is 0 Å². The number of carbonyl (C=O) groups is 1. The molecule has 1 aromatic heterocycles. The van der Waals surface area contributed by atoms with Crippen LogP contribution in [0, 0.1) is 0 Å². The number of thiocarbonyl (C=S) groups is 1. The molecule has 2 aromatic rings. The lowest BCUT2D eigenvalue weighted by atomic mass is 10.3. The summed E-state index contributed by atoms with van der Waals surface area (Å²) >= 11 is 10.4. The maximum absolute atomic E-state index is 12.3. The second kappa shape index (κ2) is 7.42. The third-order valence-electron chi connectivity index (χ3n) is 3.66. The van der Waals surface area contributed by atoms with Crippen molar-refractivity contribution in [1.29, 1.82) is 0 Å². The van der Waals surface area contributed by atoms with E-state index in [0.717, 1.165) is 28.1 Å². The van der Waals surface area contributed by atoms with Gasteiger partial charge in [0.05, 0.1) is 4.88 Å². The highest BCUT2D eigenvalue weighted by atomic mass is 79.9. The van der Waals surface area contributed by atoms with E-state index in [-0.39, 0.29) is 5.91 Å². The highest BCUT2D eigenvalue weighted by Gasteiger charge is 2.23. The fourth-order valence-electron chi connectivity index (χ4n) is 2.44. The van der Waals surface area contributed by atoms with Gasteiger partial charge in [0.15, 0.2) is 5.11 Å². The van der Waals surface area contributed by atoms with E-state index in [4.69, 9.17) is 12.2 Å². The van der Waals surface area contributed by atoms with Crippen molar-refractivity contribution < 1.29 is 4.79 Å². The quantitative estimate of drug-likeness (QED) is 0.767. The lowest BCUT2D eigenvalue weighted by molar-refractivity contribution is 0.0698. The monoisotopic (exact) mass is 409 g/mol. The Labute approximate surface area is 153 Å². The Morgan fingerprint density at radius 3 is 2.52 bits per heavy atom. The van der Waals surface area contributed by atoms with E-state index in [1.54, 1.807) is 0 Å². The molecule has 0 aliphatic carbocycles. The summed E-state index contributed by atoms with van der Waals surface area (Å²) in [6.07, 6.45) is 0. The van der Waals surface area contributed by atoms with Crippen LogP contribution in [0.3, 0.4) is 0 Å². The van der Waals surface area contributed by atoms with Crippen LogP contribution < -0.4 is 5.32 Å². The summed E-state index contributed by atoms with van der Waals surface area (Å²) < 4.78 is 1.01. The van der Waals surface area contributed by atoms with Crippen molar-refractivity contribution in [2.75, 3.05) is 31.5 Å². The zero-order valence-corrected chi connectivity index (χ0v) is 15.6. The molecule has 0 saturated carbocycles. The standard InChI is InChI=1S/C16H16BrN3OS2/c17-12-3-1-4-13(11-12)18-16(22)20-8-6-19(7-9-20)15(21)14-5-2-10-23-14/h1-5,10-11H,6-9H2,(H,18,22). The van der Waals surface area contributed by atoms with Crippen molar-refractivity contribution >= 4 is 56.2 Å². The number of halogens is 1. The molecule has 4 nitrogen and oxygen atoms in total. The van der Waals surface area contributed by atoms with Gasteiger partial charge >= 0.3 is 0 Å². The number of nitrogens with zero attached hydrogens (tertiary/aromatic N) is 2. The van der Waals surface area contributed by atoms with E-state index in [2.05, 4.69) is 26.1 Å². The zero-order chi connectivity index (χ0) is 16.2. The number of anilines is 1. The Balaban J connectivity index is 1.54. The van der Waals surface area contributed by atoms with Crippen LogP contribution in [0.25, 0.3) is 0 Å². The zero-order valence-electron chi connectivity index (χ0n) is 12.4. The average Bonchev–Trinajstić information content (AvgIpc) is 3.09. The first kappa shape index (κ1) is 16.4. The molecule has 1 N–H and O–H groups in total. The van der Waals surface area contributed by atoms with Gasteiger partial charge in [-0.05, 0) is 41.9 Å². The molecule has 1 fully saturated rings. The minimum atomic E-state index is 0.116. The summed E-state index contributed by atoms with van der Waals surface area (Å²) in [6.45, 7) is 2.88. The van der Waals surface area contributed by atoms with Gasteiger partial charge in [-0.15, -0.1) is 11.3 Å². The number of piperazine rings is 1. The minimum Gasteiger partial charge on any atom is -0.345 e. The normalized spacial score (nSPS) is 14.7. The fraction of sp³-hybridized carbons (Fsp3) is 0.250. The van der Waals surface area contributed by atoms with Crippen LogP contribution in [0.1, 0.15) is 9.67 Å². The van der Waals surface area contributed by atoms with Gasteiger partial charge in [-0.2, -0.15) is 0 Å². The summed E-state index contributed by atoms with van der Waals surface area (Å²) in [7, 11) is 0. The third-order valence-corrected chi connectivity index (χ3v) is 5.37. The molecular formula is C16H16BrN3OS2. The molecule has 0 bridgehead atoms. The van der Waals surface area contributed by atoms with Crippen LogP contribution in [-0.4, -0.2) is 47.0 Å². The molecule has 1 aromatic carbocycles. The summed E-state index contributed by atoms with van der Waals surface area (Å²) in [4.78, 5) is 17.1. The van der Waals surface area contributed by atoms with Gasteiger partial charge in [0.2, 0.25) is 0 Å². The summed E-state index contributed by atoms with van der Waals surface area (Å²) in [5.41, 5.74) is 0.960. The first-order valence-corrected chi connectivity index (χ1v) is 9.36. The molecule has 0 atom stereocenters. The Bertz CT molecular complexity index is 697. The third kappa shape index (κ3) is 4.10. The molecule has 1 amide bonds. The minimum absolute atomic E-state index is 0.116. The maximum Gasteiger partial charge on any atom is 0.264 e. The van der Waals surface area contributed by atoms with Crippen molar-refractivity contribution in [3.63, 3.8) is 0 Å². The topological polar surface area (TPSA) is 35.6 Å². The lowest BCUT2D eigenvalue weighted by Crippen LogP contribution is -2.51. The van der Waals surface area contributed by atoms with E-state index in [1.165, 1.54) is 11.3 Å². The predicted octanol–water partition coefficient (Wildman–Crippen LogP) is 3.67. The highest BCUT2D eigenvalue weighted by molar-refractivity contribution is 9.10. The van der Waals surface area contributed by atoms with E-state index < -0.39 is 0 Å². The number of carbonyl (C=O) groups excluding carboxylic acids is 1. The number of nitrogens with one attached hydrogen (secondary N) is 1. The molecule has 0 radical (unpaired) electrons. The first-order chi connectivity index (χ1) is 11.1. The Morgan fingerprint density at radius 1 is 1.13 bits per heavy atom. The van der Waals surface area contributed by atoms with Crippen LogP contribution in [0.15, 0.2) is 46.3 Å². The van der Waals surface area contributed by atoms with Gasteiger partial charge in [-0.3, -0.25) is 4.79 Å². The second-order valence-corrected chi connectivity index (χ2v) is 7.45. The predicted molar refractivity (Wildman–Crippen MR) is 102 cm³/mol. The summed E-state index contributed by atoms with van der Waals surface area (Å²) in [6, 6.07) is 11.7. The Morgan fingerprint density at radius 2 is 1.87 bits per heavy atom. The smallest absolute Gasteiger partial charge is 0.264 e. The first-order valence-electron chi connectivity index (χ1n) is 7.28. The molecule has 1 saturated heterocycles. The Kier molecular flexibility index (Phi) is 5.30. The molecule has 2 heterocycles. The number of hydrogen-bond donors (Lipinski definition) is 1. The van der Waals surface area contributed by atoms with Crippen molar-refractivity contribution in [3.8, 4) is 0 Å². The van der Waals surface area contributed by atoms with Gasteiger partial charge in [0.25, 0.3) is 5.91 Å². The van der Waals surface area contributed by atoms with Crippen LogP contribution in [0.4, 0.5) is 5.69 Å². The van der Waals surface area contributed by atoms with Crippen LogP contribution in [0.2, 0.25) is 0 Å². The molecule has 7 heteroatoms. The lowest BCUT2D eigenvalue weighted by Gasteiger charge is -2.36. The fourth-order valence-corrected chi connectivity index (χ4v) is 3.83. The van der Waals surface area contributed by atoms with Gasteiger partial charge in [0, 0.05) is 36.3 Å². The number of thiophene rings is 1. The molecule has 1 aliphatic rings. The molecule has 0 unspecified atom stereocenters. The van der Waals surface area contributed by atoms with E-state index in [0.29, 0.717) is 18.2 Å². The maximum atomic E-state index is 12.3. The van der Waals surface area contributed by atoms with E-state index in [9.17, 15) is 4.79 Å². The van der Waals surface area contributed by atoms with Crippen LogP contribution in [0.5, 0.6) is 0 Å².